The smallest absolute Gasteiger partial charge is 0.158 e. The van der Waals surface area contributed by atoms with Crippen molar-refractivity contribution in [2.45, 2.75) is 32.2 Å². The number of hydrogen-bond donors (Lipinski definition) is 1. The summed E-state index contributed by atoms with van der Waals surface area (Å²) >= 11 is 15.8. The van der Waals surface area contributed by atoms with Crippen LogP contribution in [0.1, 0.15) is 25.0 Å². The Labute approximate surface area is 135 Å². The first-order valence-electron chi connectivity index (χ1n) is 6.53. The molecule has 1 aliphatic rings. The topological polar surface area (TPSA) is 34.2 Å². The maximum atomic E-state index is 6.21. The number of benzene rings is 1. The third-order valence-electron chi connectivity index (χ3n) is 3.38. The second-order valence-electron chi connectivity index (χ2n) is 4.84. The molecular weight excluding hydrogens is 365 g/mol. The lowest BCUT2D eigenvalue weighted by molar-refractivity contribution is -0.169. The Morgan fingerprint density at radius 2 is 2.20 bits per heavy atom. The molecule has 1 fully saturated rings. The van der Waals surface area contributed by atoms with Gasteiger partial charge in [0.1, 0.15) is 0 Å². The molecule has 0 saturated carbocycles. The molecule has 3 rings (SSSR count). The summed E-state index contributed by atoms with van der Waals surface area (Å²) in [6.07, 6.45) is 3.13. The summed E-state index contributed by atoms with van der Waals surface area (Å²) in [5.74, 6) is 0. The Kier molecular flexibility index (Phi) is 4.58. The van der Waals surface area contributed by atoms with Gasteiger partial charge in [-0.15, -0.1) is 0 Å². The van der Waals surface area contributed by atoms with Crippen molar-refractivity contribution in [2.75, 3.05) is 6.61 Å². The maximum absolute atomic E-state index is 6.21. The van der Waals surface area contributed by atoms with Crippen LogP contribution in [0, 0.1) is 0 Å². The fraction of sp³-hybridized carbons (Fsp3) is 0.429. The molecule has 1 saturated heterocycles. The Hall–Kier alpha value is -0.260. The van der Waals surface area contributed by atoms with E-state index in [1.54, 1.807) is 6.07 Å². The predicted molar refractivity (Wildman–Crippen MR) is 84.4 cm³/mol. The van der Waals surface area contributed by atoms with E-state index in [9.17, 15) is 0 Å². The highest BCUT2D eigenvalue weighted by atomic mass is 79.9. The maximum Gasteiger partial charge on any atom is 0.158 e. The molecule has 0 radical (unpaired) electrons. The fourth-order valence-corrected chi connectivity index (χ4v) is 3.43. The number of rotatable bonds is 3. The fourth-order valence-electron chi connectivity index (χ4n) is 2.35. The molecule has 0 aliphatic carbocycles. The van der Waals surface area contributed by atoms with E-state index in [1.807, 2.05) is 6.07 Å². The van der Waals surface area contributed by atoms with Crippen molar-refractivity contribution < 1.29 is 9.47 Å². The molecule has 1 unspecified atom stereocenters. The molecule has 1 aromatic carbocycles. The Bertz CT molecular complexity index is 623. The van der Waals surface area contributed by atoms with E-state index in [-0.39, 0.29) is 6.29 Å². The molecule has 6 heteroatoms. The van der Waals surface area contributed by atoms with Gasteiger partial charge in [0.25, 0.3) is 0 Å². The highest BCUT2D eigenvalue weighted by Gasteiger charge is 2.16. The lowest BCUT2D eigenvalue weighted by Gasteiger charge is -2.22. The van der Waals surface area contributed by atoms with E-state index in [4.69, 9.17) is 32.7 Å². The van der Waals surface area contributed by atoms with Crippen molar-refractivity contribution >= 4 is 50.0 Å². The van der Waals surface area contributed by atoms with Gasteiger partial charge in [0.2, 0.25) is 0 Å². The number of aromatic nitrogens is 1. The van der Waals surface area contributed by atoms with E-state index in [0.717, 1.165) is 46.9 Å². The first-order chi connectivity index (χ1) is 9.65. The zero-order valence-corrected chi connectivity index (χ0v) is 13.8. The van der Waals surface area contributed by atoms with Crippen LogP contribution in [0.5, 0.6) is 0 Å². The molecule has 0 amide bonds. The monoisotopic (exact) mass is 377 g/mol. The molecule has 1 atom stereocenters. The van der Waals surface area contributed by atoms with E-state index in [2.05, 4.69) is 20.9 Å². The Morgan fingerprint density at radius 1 is 1.35 bits per heavy atom. The minimum Gasteiger partial charge on any atom is -0.355 e. The summed E-state index contributed by atoms with van der Waals surface area (Å²) in [6, 6.07) is 3.82. The molecule has 0 bridgehead atoms. The zero-order chi connectivity index (χ0) is 14.1. The van der Waals surface area contributed by atoms with Gasteiger partial charge >= 0.3 is 0 Å². The first kappa shape index (κ1) is 14.7. The van der Waals surface area contributed by atoms with Crippen LogP contribution in [0.2, 0.25) is 10.0 Å². The number of halogens is 3. The van der Waals surface area contributed by atoms with E-state index in [0.29, 0.717) is 16.7 Å². The second kappa shape index (κ2) is 6.24. The van der Waals surface area contributed by atoms with Crippen LogP contribution in [0.4, 0.5) is 0 Å². The molecule has 1 N–H and O–H groups in total. The highest BCUT2D eigenvalue weighted by Crippen LogP contribution is 2.36. The number of H-pyrrole nitrogens is 1. The van der Waals surface area contributed by atoms with Gasteiger partial charge in [-0.2, -0.15) is 0 Å². The molecule has 1 aromatic heterocycles. The third kappa shape index (κ3) is 3.00. The van der Waals surface area contributed by atoms with Crippen LogP contribution in [0.25, 0.3) is 10.9 Å². The molecular formula is C14H14BrCl2NO2. The third-order valence-corrected chi connectivity index (χ3v) is 4.82. The lowest BCUT2D eigenvalue weighted by Crippen LogP contribution is -2.22. The van der Waals surface area contributed by atoms with Crippen LogP contribution in [0.3, 0.4) is 0 Å². The van der Waals surface area contributed by atoms with Crippen molar-refractivity contribution in [3.8, 4) is 0 Å². The van der Waals surface area contributed by atoms with Gasteiger partial charge in [0.15, 0.2) is 6.29 Å². The van der Waals surface area contributed by atoms with Crippen LogP contribution in [0.15, 0.2) is 16.6 Å². The number of aromatic amines is 1. The molecule has 108 valence electrons. The molecule has 2 aromatic rings. The number of fused-ring (bicyclic) bond motifs is 1. The standard InChI is InChI=1S/C14H14BrCl2NO2/c15-10-6-11(16)13(17)14-9(10)5-8(18-14)7-20-12-3-1-2-4-19-12/h5-6,12,18H,1-4,7H2. The summed E-state index contributed by atoms with van der Waals surface area (Å²) in [5, 5.41) is 2.06. The largest absolute Gasteiger partial charge is 0.355 e. The van der Waals surface area contributed by atoms with Crippen molar-refractivity contribution in [1.82, 2.24) is 4.98 Å². The molecule has 3 nitrogen and oxygen atoms in total. The summed E-state index contributed by atoms with van der Waals surface area (Å²) < 4.78 is 12.2. The van der Waals surface area contributed by atoms with E-state index < -0.39 is 0 Å². The number of ether oxygens (including phenoxy) is 2. The van der Waals surface area contributed by atoms with Crippen LogP contribution < -0.4 is 0 Å². The van der Waals surface area contributed by atoms with Crippen molar-refractivity contribution in [3.05, 3.63) is 32.3 Å². The minimum atomic E-state index is -0.0994. The van der Waals surface area contributed by atoms with Gasteiger partial charge < -0.3 is 14.5 Å². The minimum absolute atomic E-state index is 0.0994. The van der Waals surface area contributed by atoms with Gasteiger partial charge in [-0.05, 0) is 31.4 Å². The molecule has 20 heavy (non-hydrogen) atoms. The normalized spacial score (nSPS) is 19.6. The van der Waals surface area contributed by atoms with E-state index >= 15 is 0 Å². The summed E-state index contributed by atoms with van der Waals surface area (Å²) in [5.41, 5.74) is 1.79. The summed E-state index contributed by atoms with van der Waals surface area (Å²) in [7, 11) is 0. The lowest BCUT2D eigenvalue weighted by atomic mass is 10.2. The number of hydrogen-bond acceptors (Lipinski definition) is 2. The van der Waals surface area contributed by atoms with Crippen molar-refractivity contribution in [2.24, 2.45) is 0 Å². The average Bonchev–Trinajstić information content (AvgIpc) is 2.89. The van der Waals surface area contributed by atoms with Gasteiger partial charge in [-0.3, -0.25) is 0 Å². The highest BCUT2D eigenvalue weighted by molar-refractivity contribution is 9.10. The predicted octanol–water partition coefficient (Wildman–Crippen LogP) is 5.28. The zero-order valence-electron chi connectivity index (χ0n) is 10.7. The van der Waals surface area contributed by atoms with Gasteiger partial charge in [-0.25, -0.2) is 0 Å². The van der Waals surface area contributed by atoms with Crippen molar-refractivity contribution in [3.63, 3.8) is 0 Å². The van der Waals surface area contributed by atoms with Crippen LogP contribution in [-0.4, -0.2) is 17.9 Å². The van der Waals surface area contributed by atoms with Crippen molar-refractivity contribution in [1.29, 1.82) is 0 Å². The second-order valence-corrected chi connectivity index (χ2v) is 6.48. The summed E-state index contributed by atoms with van der Waals surface area (Å²) in [4.78, 5) is 3.26. The van der Waals surface area contributed by atoms with Gasteiger partial charge in [-0.1, -0.05) is 39.1 Å². The Balaban J connectivity index is 1.78. The molecule has 0 spiro atoms. The molecule has 1 aliphatic heterocycles. The van der Waals surface area contributed by atoms with Crippen LogP contribution >= 0.6 is 39.1 Å². The van der Waals surface area contributed by atoms with Crippen LogP contribution in [-0.2, 0) is 16.1 Å². The Morgan fingerprint density at radius 3 is 2.95 bits per heavy atom. The quantitative estimate of drug-likeness (QED) is 0.737. The summed E-state index contributed by atoms with van der Waals surface area (Å²) in [6.45, 7) is 1.25. The SMILES string of the molecule is Clc1cc(Br)c2cc(COC3CCCCO3)[nH]c2c1Cl. The van der Waals surface area contributed by atoms with Gasteiger partial charge in [0.05, 0.1) is 22.2 Å². The average molecular weight is 379 g/mol. The first-order valence-corrected chi connectivity index (χ1v) is 8.08. The van der Waals surface area contributed by atoms with E-state index in [1.165, 1.54) is 0 Å². The van der Waals surface area contributed by atoms with Gasteiger partial charge in [0, 0.05) is 22.2 Å². The number of nitrogens with one attached hydrogen (secondary N) is 1. The molecule has 2 heterocycles.